The minimum Gasteiger partial charge on any atom is -0.466 e. The molecule has 0 unspecified atom stereocenters. The van der Waals surface area contributed by atoms with E-state index in [9.17, 15) is 9.59 Å². The summed E-state index contributed by atoms with van der Waals surface area (Å²) in [4.78, 5) is 22.5. The predicted octanol–water partition coefficient (Wildman–Crippen LogP) is 1.47. The first-order chi connectivity index (χ1) is 6.16. The van der Waals surface area contributed by atoms with Crippen molar-refractivity contribution in [1.29, 1.82) is 0 Å². The van der Waals surface area contributed by atoms with Crippen LogP contribution in [0.3, 0.4) is 0 Å². The van der Waals surface area contributed by atoms with Crippen molar-refractivity contribution >= 4 is 11.8 Å². The van der Waals surface area contributed by atoms with Gasteiger partial charge in [0, 0.05) is 12.0 Å². The summed E-state index contributed by atoms with van der Waals surface area (Å²) in [6.07, 6.45) is 1.99. The van der Waals surface area contributed by atoms with Crippen molar-refractivity contribution in [2.24, 2.45) is 5.92 Å². The van der Waals surface area contributed by atoms with Crippen LogP contribution >= 0.6 is 0 Å². The van der Waals surface area contributed by atoms with Crippen molar-refractivity contribution < 1.29 is 14.3 Å². The Hall–Kier alpha value is -1.12. The van der Waals surface area contributed by atoms with Crippen molar-refractivity contribution in [2.45, 2.75) is 26.2 Å². The molecular weight excluding hydrogens is 168 g/mol. The van der Waals surface area contributed by atoms with Crippen molar-refractivity contribution in [3.05, 3.63) is 12.2 Å². The molecule has 72 valence electrons. The highest BCUT2D eigenvalue weighted by molar-refractivity contribution is 6.00. The standard InChI is InChI=1S/C10H14O3/c1-3-13-10(12)8-5-4-6-9(11)7(8)2/h8H,2-6H2,1H3/t8-/m0/s1. The van der Waals surface area contributed by atoms with Crippen LogP contribution in [0.1, 0.15) is 26.2 Å². The fraction of sp³-hybridized carbons (Fsp3) is 0.600. The lowest BCUT2D eigenvalue weighted by atomic mass is 9.84. The van der Waals surface area contributed by atoms with Crippen LogP contribution in [-0.2, 0) is 14.3 Å². The lowest BCUT2D eigenvalue weighted by Gasteiger charge is -2.21. The summed E-state index contributed by atoms with van der Waals surface area (Å²) in [5.74, 6) is -0.689. The van der Waals surface area contributed by atoms with Crippen LogP contribution in [0, 0.1) is 5.92 Å². The third-order valence-electron chi connectivity index (χ3n) is 2.25. The van der Waals surface area contributed by atoms with Gasteiger partial charge in [0.2, 0.25) is 0 Å². The molecular formula is C10H14O3. The first-order valence-corrected chi connectivity index (χ1v) is 4.55. The summed E-state index contributed by atoms with van der Waals surface area (Å²) >= 11 is 0. The number of hydrogen-bond donors (Lipinski definition) is 0. The third kappa shape index (κ3) is 2.17. The smallest absolute Gasteiger partial charge is 0.313 e. The Balaban J connectivity index is 2.63. The van der Waals surface area contributed by atoms with Crippen molar-refractivity contribution in [2.75, 3.05) is 6.61 Å². The van der Waals surface area contributed by atoms with Crippen LogP contribution < -0.4 is 0 Å². The van der Waals surface area contributed by atoms with E-state index < -0.39 is 0 Å². The van der Waals surface area contributed by atoms with Gasteiger partial charge in [-0.25, -0.2) is 0 Å². The molecule has 1 atom stereocenters. The number of carbonyl (C=O) groups excluding carboxylic acids is 2. The zero-order valence-electron chi connectivity index (χ0n) is 7.84. The van der Waals surface area contributed by atoms with Gasteiger partial charge in [0.15, 0.2) is 5.78 Å². The average Bonchev–Trinajstić information content (AvgIpc) is 2.10. The number of hydrogen-bond acceptors (Lipinski definition) is 3. The van der Waals surface area contributed by atoms with Crippen molar-refractivity contribution in [3.8, 4) is 0 Å². The molecule has 0 aromatic carbocycles. The minimum atomic E-state index is -0.388. The number of ether oxygens (including phenoxy) is 1. The van der Waals surface area contributed by atoms with Gasteiger partial charge in [-0.15, -0.1) is 0 Å². The highest BCUT2D eigenvalue weighted by Gasteiger charge is 2.30. The van der Waals surface area contributed by atoms with Gasteiger partial charge in [-0.1, -0.05) is 6.58 Å². The molecule has 1 rings (SSSR count). The Kier molecular flexibility index (Phi) is 3.23. The molecule has 1 saturated carbocycles. The van der Waals surface area contributed by atoms with E-state index in [0.717, 1.165) is 6.42 Å². The molecule has 0 heterocycles. The summed E-state index contributed by atoms with van der Waals surface area (Å²) in [6, 6.07) is 0. The maximum Gasteiger partial charge on any atom is 0.313 e. The molecule has 1 aliphatic rings. The number of rotatable bonds is 2. The van der Waals surface area contributed by atoms with Gasteiger partial charge in [0.05, 0.1) is 12.5 Å². The van der Waals surface area contributed by atoms with Crippen molar-refractivity contribution in [1.82, 2.24) is 0 Å². The van der Waals surface area contributed by atoms with Gasteiger partial charge in [-0.3, -0.25) is 9.59 Å². The summed E-state index contributed by atoms with van der Waals surface area (Å²) in [7, 11) is 0. The van der Waals surface area contributed by atoms with Gasteiger partial charge >= 0.3 is 5.97 Å². The fourth-order valence-electron chi connectivity index (χ4n) is 1.50. The van der Waals surface area contributed by atoms with Gasteiger partial charge in [0.1, 0.15) is 0 Å². The largest absolute Gasteiger partial charge is 0.466 e. The van der Waals surface area contributed by atoms with Crippen LogP contribution in [0.2, 0.25) is 0 Å². The first kappa shape index (κ1) is 9.96. The van der Waals surface area contributed by atoms with Gasteiger partial charge in [-0.2, -0.15) is 0 Å². The lowest BCUT2D eigenvalue weighted by Crippen LogP contribution is -2.27. The van der Waals surface area contributed by atoms with E-state index in [-0.39, 0.29) is 17.7 Å². The topological polar surface area (TPSA) is 43.4 Å². The van der Waals surface area contributed by atoms with Crippen LogP contribution in [0.15, 0.2) is 12.2 Å². The summed E-state index contributed by atoms with van der Waals surface area (Å²) in [6.45, 7) is 5.74. The molecule has 1 fully saturated rings. The Morgan fingerprint density at radius 1 is 1.69 bits per heavy atom. The summed E-state index contributed by atoms with van der Waals surface area (Å²) < 4.78 is 4.85. The zero-order valence-corrected chi connectivity index (χ0v) is 7.84. The van der Waals surface area contributed by atoms with Gasteiger partial charge in [-0.05, 0) is 19.8 Å². The fourth-order valence-corrected chi connectivity index (χ4v) is 1.50. The van der Waals surface area contributed by atoms with Crippen LogP contribution in [-0.4, -0.2) is 18.4 Å². The Labute approximate surface area is 77.8 Å². The molecule has 0 radical (unpaired) electrons. The van der Waals surface area contributed by atoms with E-state index in [1.54, 1.807) is 6.92 Å². The molecule has 0 aromatic heterocycles. The lowest BCUT2D eigenvalue weighted by molar-refractivity contribution is -0.148. The Morgan fingerprint density at radius 2 is 2.38 bits per heavy atom. The second-order valence-electron chi connectivity index (χ2n) is 3.15. The third-order valence-corrected chi connectivity index (χ3v) is 2.25. The first-order valence-electron chi connectivity index (χ1n) is 4.55. The van der Waals surface area contributed by atoms with E-state index in [0.29, 0.717) is 25.0 Å². The maximum absolute atomic E-state index is 11.3. The molecule has 3 nitrogen and oxygen atoms in total. The number of ketones is 1. The predicted molar refractivity (Wildman–Crippen MR) is 48.1 cm³/mol. The second-order valence-corrected chi connectivity index (χ2v) is 3.15. The van der Waals surface area contributed by atoms with E-state index in [1.165, 1.54) is 0 Å². The molecule has 13 heavy (non-hydrogen) atoms. The Bertz CT molecular complexity index is 243. The van der Waals surface area contributed by atoms with Crippen LogP contribution in [0.25, 0.3) is 0 Å². The molecule has 0 spiro atoms. The molecule has 0 bridgehead atoms. The van der Waals surface area contributed by atoms with Crippen molar-refractivity contribution in [3.63, 3.8) is 0 Å². The normalized spacial score (nSPS) is 23.0. The number of carbonyl (C=O) groups is 2. The van der Waals surface area contributed by atoms with E-state index in [4.69, 9.17) is 4.74 Å². The van der Waals surface area contributed by atoms with E-state index in [1.807, 2.05) is 0 Å². The SMILES string of the molecule is C=C1C(=O)CCC[C@@H]1C(=O)OCC. The summed E-state index contributed by atoms with van der Waals surface area (Å²) in [5.41, 5.74) is 0.421. The van der Waals surface area contributed by atoms with Gasteiger partial charge < -0.3 is 4.74 Å². The molecule has 0 aliphatic heterocycles. The van der Waals surface area contributed by atoms with Crippen LogP contribution in [0.5, 0.6) is 0 Å². The van der Waals surface area contributed by atoms with Gasteiger partial charge in [0.25, 0.3) is 0 Å². The van der Waals surface area contributed by atoms with E-state index >= 15 is 0 Å². The monoisotopic (exact) mass is 182 g/mol. The minimum absolute atomic E-state index is 0.00398. The maximum atomic E-state index is 11.3. The zero-order chi connectivity index (χ0) is 9.84. The highest BCUT2D eigenvalue weighted by atomic mass is 16.5. The molecule has 3 heteroatoms. The molecule has 0 N–H and O–H groups in total. The molecule has 0 aromatic rings. The average molecular weight is 182 g/mol. The highest BCUT2D eigenvalue weighted by Crippen LogP contribution is 2.26. The molecule has 0 amide bonds. The van der Waals surface area contributed by atoms with Crippen LogP contribution in [0.4, 0.5) is 0 Å². The number of Topliss-reactive ketones (excluding diaryl/α,β-unsaturated/α-hetero) is 1. The number of esters is 1. The Morgan fingerprint density at radius 3 is 3.00 bits per heavy atom. The quantitative estimate of drug-likeness (QED) is 0.480. The van der Waals surface area contributed by atoms with E-state index in [2.05, 4.69) is 6.58 Å². The molecule has 1 aliphatic carbocycles. The summed E-state index contributed by atoms with van der Waals surface area (Å²) in [5, 5.41) is 0. The molecule has 0 saturated heterocycles. The second kappa shape index (κ2) is 4.21.